The molecule has 92 valence electrons. The number of nitrogens with zero attached hydrogens (tertiary/aromatic N) is 2. The molecule has 2 heterocycles. The van der Waals surface area contributed by atoms with E-state index in [0.29, 0.717) is 12.5 Å². The van der Waals surface area contributed by atoms with Crippen molar-refractivity contribution in [2.75, 3.05) is 6.54 Å². The highest BCUT2D eigenvalue weighted by atomic mass is 32.1. The van der Waals surface area contributed by atoms with E-state index in [9.17, 15) is 0 Å². The van der Waals surface area contributed by atoms with E-state index >= 15 is 0 Å². The van der Waals surface area contributed by atoms with Crippen LogP contribution in [0.5, 0.6) is 0 Å². The van der Waals surface area contributed by atoms with Gasteiger partial charge in [0.1, 0.15) is 0 Å². The summed E-state index contributed by atoms with van der Waals surface area (Å²) < 4.78 is 2.21. The highest BCUT2D eigenvalue weighted by molar-refractivity contribution is 7.13. The summed E-state index contributed by atoms with van der Waals surface area (Å²) in [7, 11) is 0. The van der Waals surface area contributed by atoms with Gasteiger partial charge in [-0.3, -0.25) is 0 Å². The summed E-state index contributed by atoms with van der Waals surface area (Å²) in [5.74, 6) is 0.459. The molecule has 2 N–H and O–H groups in total. The van der Waals surface area contributed by atoms with E-state index in [1.54, 1.807) is 11.3 Å². The summed E-state index contributed by atoms with van der Waals surface area (Å²) in [6.45, 7) is 7.20. The molecule has 4 heteroatoms. The predicted molar refractivity (Wildman–Crippen MR) is 73.1 cm³/mol. The number of aromatic nitrogens is 2. The first-order chi connectivity index (χ1) is 8.09. The quantitative estimate of drug-likeness (QED) is 0.905. The number of nitrogens with two attached hydrogens (primary N) is 1. The van der Waals surface area contributed by atoms with Crippen molar-refractivity contribution in [2.45, 2.75) is 26.3 Å². The number of rotatable bonds is 4. The average Bonchev–Trinajstić information content (AvgIpc) is 2.97. The van der Waals surface area contributed by atoms with E-state index in [-0.39, 0.29) is 5.54 Å². The van der Waals surface area contributed by atoms with E-state index in [0.717, 1.165) is 5.69 Å². The second-order valence-electron chi connectivity index (χ2n) is 4.84. The minimum Gasteiger partial charge on any atom is -0.328 e. The zero-order valence-corrected chi connectivity index (χ0v) is 11.4. The van der Waals surface area contributed by atoms with Crippen molar-refractivity contribution >= 4 is 11.3 Å². The van der Waals surface area contributed by atoms with Crippen LogP contribution >= 0.6 is 11.3 Å². The molecule has 1 atom stereocenters. The second kappa shape index (κ2) is 4.63. The van der Waals surface area contributed by atoms with Crippen LogP contribution < -0.4 is 5.73 Å². The monoisotopic (exact) mass is 249 g/mol. The van der Waals surface area contributed by atoms with E-state index in [1.807, 2.05) is 12.5 Å². The molecule has 0 amide bonds. The molecule has 2 aromatic heterocycles. The van der Waals surface area contributed by atoms with Crippen molar-refractivity contribution in [1.82, 2.24) is 9.55 Å². The fourth-order valence-corrected chi connectivity index (χ4v) is 2.65. The Bertz CT molecular complexity index is 473. The van der Waals surface area contributed by atoms with Crippen molar-refractivity contribution in [1.29, 1.82) is 0 Å². The summed E-state index contributed by atoms with van der Waals surface area (Å²) in [5.41, 5.74) is 7.04. The van der Waals surface area contributed by atoms with Gasteiger partial charge in [-0.2, -0.15) is 0 Å². The molecule has 0 aromatic carbocycles. The molecule has 1 unspecified atom stereocenters. The van der Waals surface area contributed by atoms with Gasteiger partial charge in [0.25, 0.3) is 0 Å². The molecule has 0 fully saturated rings. The molecule has 0 bridgehead atoms. The molecule has 0 spiro atoms. The van der Waals surface area contributed by atoms with Gasteiger partial charge in [-0.25, -0.2) is 4.98 Å². The maximum atomic E-state index is 5.98. The molecular formula is C13H19N3S. The van der Waals surface area contributed by atoms with Gasteiger partial charge in [0.15, 0.2) is 0 Å². The Kier molecular flexibility index (Phi) is 3.35. The normalized spacial score (nSPS) is 15.1. The maximum Gasteiger partial charge on any atom is 0.0956 e. The first kappa shape index (κ1) is 12.3. The lowest BCUT2D eigenvalue weighted by molar-refractivity contribution is 0.233. The molecule has 0 saturated carbocycles. The van der Waals surface area contributed by atoms with Crippen molar-refractivity contribution in [2.24, 2.45) is 11.7 Å². The zero-order chi connectivity index (χ0) is 12.5. The molecule has 0 aliphatic carbocycles. The molecule has 2 aromatic rings. The SMILES string of the molecule is CC(C)C(C)(CN)n1cncc1-c1cccs1. The summed E-state index contributed by atoms with van der Waals surface area (Å²) in [6.07, 6.45) is 3.81. The number of imidazole rings is 1. The smallest absolute Gasteiger partial charge is 0.0956 e. The summed E-state index contributed by atoms with van der Waals surface area (Å²) in [6, 6.07) is 4.18. The van der Waals surface area contributed by atoms with E-state index in [2.05, 4.69) is 47.8 Å². The Morgan fingerprint density at radius 1 is 1.53 bits per heavy atom. The molecule has 0 aliphatic rings. The molecule has 17 heavy (non-hydrogen) atoms. The van der Waals surface area contributed by atoms with Gasteiger partial charge in [-0.1, -0.05) is 19.9 Å². The van der Waals surface area contributed by atoms with Gasteiger partial charge in [-0.05, 0) is 24.3 Å². The first-order valence-electron chi connectivity index (χ1n) is 5.86. The second-order valence-corrected chi connectivity index (χ2v) is 5.79. The van der Waals surface area contributed by atoms with Crippen molar-refractivity contribution in [3.63, 3.8) is 0 Å². The highest BCUT2D eigenvalue weighted by Crippen LogP contribution is 2.32. The van der Waals surface area contributed by atoms with E-state index in [1.165, 1.54) is 4.88 Å². The summed E-state index contributed by atoms with van der Waals surface area (Å²) >= 11 is 1.73. The van der Waals surface area contributed by atoms with Crippen LogP contribution in [0.3, 0.4) is 0 Å². The van der Waals surface area contributed by atoms with Crippen molar-refractivity contribution in [3.05, 3.63) is 30.0 Å². The van der Waals surface area contributed by atoms with Gasteiger partial charge in [0.2, 0.25) is 0 Å². The van der Waals surface area contributed by atoms with Gasteiger partial charge in [0, 0.05) is 6.54 Å². The highest BCUT2D eigenvalue weighted by Gasteiger charge is 2.30. The first-order valence-corrected chi connectivity index (χ1v) is 6.74. The summed E-state index contributed by atoms with van der Waals surface area (Å²) in [5, 5.41) is 2.09. The van der Waals surface area contributed by atoms with Gasteiger partial charge in [0.05, 0.1) is 28.6 Å². The Balaban J connectivity index is 2.50. The maximum absolute atomic E-state index is 5.98. The number of hydrogen-bond acceptors (Lipinski definition) is 3. The predicted octanol–water partition coefficient (Wildman–Crippen LogP) is 2.94. The standard InChI is InChI=1S/C13H19N3S/c1-10(2)13(3,8-14)16-9-15-7-11(16)12-5-4-6-17-12/h4-7,9-10H,8,14H2,1-3H3. The van der Waals surface area contributed by atoms with Crippen LogP contribution in [0, 0.1) is 5.92 Å². The largest absolute Gasteiger partial charge is 0.328 e. The van der Waals surface area contributed by atoms with Crippen LogP contribution in [-0.2, 0) is 5.54 Å². The Hall–Kier alpha value is -1.13. The van der Waals surface area contributed by atoms with Crippen LogP contribution in [0.2, 0.25) is 0 Å². The lowest BCUT2D eigenvalue weighted by atomic mass is 9.88. The molecular weight excluding hydrogens is 230 g/mol. The van der Waals surface area contributed by atoms with Crippen molar-refractivity contribution < 1.29 is 0 Å². The third-order valence-electron chi connectivity index (χ3n) is 3.62. The van der Waals surface area contributed by atoms with Crippen LogP contribution in [-0.4, -0.2) is 16.1 Å². The van der Waals surface area contributed by atoms with Gasteiger partial charge < -0.3 is 10.3 Å². The lowest BCUT2D eigenvalue weighted by Gasteiger charge is -2.35. The average molecular weight is 249 g/mol. The van der Waals surface area contributed by atoms with Gasteiger partial charge in [-0.15, -0.1) is 11.3 Å². The van der Waals surface area contributed by atoms with Crippen LogP contribution in [0.25, 0.3) is 10.6 Å². The van der Waals surface area contributed by atoms with Crippen LogP contribution in [0.1, 0.15) is 20.8 Å². The lowest BCUT2D eigenvalue weighted by Crippen LogP contribution is -2.42. The van der Waals surface area contributed by atoms with Crippen LogP contribution in [0.4, 0.5) is 0 Å². The van der Waals surface area contributed by atoms with Crippen LogP contribution in [0.15, 0.2) is 30.0 Å². The fraction of sp³-hybridized carbons (Fsp3) is 0.462. The van der Waals surface area contributed by atoms with E-state index in [4.69, 9.17) is 5.73 Å². The topological polar surface area (TPSA) is 43.8 Å². The third-order valence-corrected chi connectivity index (χ3v) is 4.51. The minimum absolute atomic E-state index is 0.0875. The molecule has 3 nitrogen and oxygen atoms in total. The number of thiophene rings is 1. The molecule has 0 saturated heterocycles. The van der Waals surface area contributed by atoms with E-state index < -0.39 is 0 Å². The summed E-state index contributed by atoms with van der Waals surface area (Å²) in [4.78, 5) is 5.53. The molecule has 2 rings (SSSR count). The van der Waals surface area contributed by atoms with Gasteiger partial charge >= 0.3 is 0 Å². The minimum atomic E-state index is -0.0875. The molecule has 0 aliphatic heterocycles. The number of hydrogen-bond donors (Lipinski definition) is 1. The molecule has 0 radical (unpaired) electrons. The Morgan fingerprint density at radius 3 is 2.82 bits per heavy atom. The zero-order valence-electron chi connectivity index (χ0n) is 10.6. The fourth-order valence-electron chi connectivity index (χ4n) is 1.92. The Labute approximate surface area is 106 Å². The third kappa shape index (κ3) is 2.03. The Morgan fingerprint density at radius 2 is 2.29 bits per heavy atom. The van der Waals surface area contributed by atoms with Crippen molar-refractivity contribution in [3.8, 4) is 10.6 Å².